The molecule has 1 heterocycles. The van der Waals surface area contributed by atoms with Gasteiger partial charge in [-0.1, -0.05) is 30.3 Å². The maximum Gasteiger partial charge on any atom is 0.247 e. The van der Waals surface area contributed by atoms with Crippen molar-refractivity contribution >= 4 is 17.7 Å². The molecule has 0 saturated carbocycles. The molecular weight excluding hydrogens is 386 g/mol. The van der Waals surface area contributed by atoms with Crippen LogP contribution in [0.15, 0.2) is 54.1 Å². The number of nitrogens with one attached hydrogen (secondary N) is 1. The van der Waals surface area contributed by atoms with Crippen LogP contribution in [0, 0.1) is 0 Å². The van der Waals surface area contributed by atoms with Crippen molar-refractivity contribution in [3.05, 3.63) is 65.2 Å². The normalized spacial score (nSPS) is 16.4. The Morgan fingerprint density at radius 2 is 1.84 bits per heavy atom. The first kappa shape index (κ1) is 21.4. The molecule has 0 atom stereocenters. The summed E-state index contributed by atoms with van der Waals surface area (Å²) in [4.78, 5) is 17.4. The smallest absolute Gasteiger partial charge is 0.247 e. The van der Waals surface area contributed by atoms with E-state index in [-0.39, 0.29) is 5.91 Å². The highest BCUT2D eigenvalue weighted by Gasteiger charge is 2.18. The van der Waals surface area contributed by atoms with Gasteiger partial charge in [0.1, 0.15) is 5.75 Å². The van der Waals surface area contributed by atoms with Gasteiger partial charge in [0.15, 0.2) is 0 Å². The monoisotopic (exact) mass is 419 g/mol. The third kappa shape index (κ3) is 5.67. The van der Waals surface area contributed by atoms with Crippen molar-refractivity contribution in [2.45, 2.75) is 25.7 Å². The van der Waals surface area contributed by atoms with Crippen molar-refractivity contribution in [1.82, 2.24) is 10.2 Å². The molecule has 164 valence electrons. The summed E-state index contributed by atoms with van der Waals surface area (Å²) in [6.07, 6.45) is 5.97. The Balaban J connectivity index is 1.13. The predicted molar refractivity (Wildman–Crippen MR) is 127 cm³/mol. The van der Waals surface area contributed by atoms with Crippen LogP contribution in [0.2, 0.25) is 0 Å². The molecule has 0 aromatic heterocycles. The number of nitrogens with zero attached hydrogens (tertiary/aromatic N) is 2. The number of anilines is 1. The molecule has 0 bridgehead atoms. The van der Waals surface area contributed by atoms with Gasteiger partial charge in [0.25, 0.3) is 0 Å². The van der Waals surface area contributed by atoms with Crippen LogP contribution in [-0.2, 0) is 11.2 Å². The van der Waals surface area contributed by atoms with Crippen LogP contribution in [0.25, 0.3) is 6.08 Å². The minimum atomic E-state index is 0.0985. The third-order valence-electron chi connectivity index (χ3n) is 6.32. The topological polar surface area (TPSA) is 44.8 Å². The Kier molecular flexibility index (Phi) is 7.26. The number of carbonyl (C=O) groups is 1. The average Bonchev–Trinajstić information content (AvgIpc) is 2.84. The number of hydrogen-bond acceptors (Lipinski definition) is 4. The minimum absolute atomic E-state index is 0.0985. The predicted octanol–water partition coefficient (Wildman–Crippen LogP) is 3.74. The summed E-state index contributed by atoms with van der Waals surface area (Å²) in [5, 5.41) is 3.11. The van der Waals surface area contributed by atoms with Crippen LogP contribution in [0.5, 0.6) is 5.75 Å². The molecule has 1 saturated heterocycles. The van der Waals surface area contributed by atoms with Crippen LogP contribution < -0.4 is 15.0 Å². The lowest BCUT2D eigenvalue weighted by Crippen LogP contribution is -2.46. The highest BCUT2D eigenvalue weighted by atomic mass is 16.5. The average molecular weight is 420 g/mol. The molecule has 1 N–H and O–H groups in total. The number of amides is 1. The van der Waals surface area contributed by atoms with Crippen LogP contribution in [0.4, 0.5) is 5.69 Å². The first-order valence-electron chi connectivity index (χ1n) is 11.4. The standard InChI is InChI=1S/C26H33N3O2/c1-31-25-10-6-9-24(20-25)29-17-15-28(16-18-29)14-5-4-13-27-26(30)23-12-11-21-7-2-3-8-22(21)19-23/h2-3,6-10,19-20H,4-5,11-18H2,1H3,(H,27,30). The fourth-order valence-electron chi connectivity index (χ4n) is 4.42. The number of aryl methyl sites for hydroxylation is 1. The molecule has 0 unspecified atom stereocenters. The van der Waals surface area contributed by atoms with Gasteiger partial charge < -0.3 is 15.0 Å². The van der Waals surface area contributed by atoms with Gasteiger partial charge in [-0.15, -0.1) is 0 Å². The number of carbonyl (C=O) groups excluding carboxylic acids is 1. The number of fused-ring (bicyclic) bond motifs is 1. The summed E-state index contributed by atoms with van der Waals surface area (Å²) in [5.41, 5.74) is 4.67. The minimum Gasteiger partial charge on any atom is -0.497 e. The van der Waals surface area contributed by atoms with Crippen molar-refractivity contribution in [3.8, 4) is 5.75 Å². The Labute approximate surface area is 185 Å². The van der Waals surface area contributed by atoms with Gasteiger partial charge in [0.05, 0.1) is 7.11 Å². The number of piperazine rings is 1. The summed E-state index contributed by atoms with van der Waals surface area (Å²) in [5.74, 6) is 1.01. The van der Waals surface area contributed by atoms with E-state index in [0.717, 1.165) is 76.3 Å². The number of methoxy groups -OCH3 is 1. The van der Waals surface area contributed by atoms with E-state index in [1.807, 2.05) is 12.1 Å². The van der Waals surface area contributed by atoms with Crippen molar-refractivity contribution in [3.63, 3.8) is 0 Å². The fraction of sp³-hybridized carbons (Fsp3) is 0.423. The second kappa shape index (κ2) is 10.5. The maximum absolute atomic E-state index is 12.5. The van der Waals surface area contributed by atoms with Crippen LogP contribution in [-0.4, -0.2) is 57.2 Å². The van der Waals surface area contributed by atoms with E-state index in [2.05, 4.69) is 57.6 Å². The van der Waals surface area contributed by atoms with Gasteiger partial charge in [-0.3, -0.25) is 9.69 Å². The molecule has 5 nitrogen and oxygen atoms in total. The zero-order chi connectivity index (χ0) is 21.5. The molecule has 2 aromatic rings. The van der Waals surface area contributed by atoms with Gasteiger partial charge in [0, 0.05) is 50.1 Å². The molecule has 4 rings (SSSR count). The van der Waals surface area contributed by atoms with E-state index in [9.17, 15) is 4.79 Å². The van der Waals surface area contributed by atoms with Crippen molar-refractivity contribution in [2.24, 2.45) is 0 Å². The Morgan fingerprint density at radius 1 is 1.00 bits per heavy atom. The largest absolute Gasteiger partial charge is 0.497 e. The van der Waals surface area contributed by atoms with E-state index >= 15 is 0 Å². The van der Waals surface area contributed by atoms with E-state index < -0.39 is 0 Å². The van der Waals surface area contributed by atoms with Crippen molar-refractivity contribution in [2.75, 3.05) is 51.3 Å². The lowest BCUT2D eigenvalue weighted by Gasteiger charge is -2.36. The number of unbranched alkanes of at least 4 members (excludes halogenated alkanes) is 1. The first-order valence-corrected chi connectivity index (χ1v) is 11.4. The molecule has 2 aromatic carbocycles. The molecule has 0 spiro atoms. The SMILES string of the molecule is COc1cccc(N2CCN(CCCCNC(=O)C3=Cc4ccccc4CC3)CC2)c1. The highest BCUT2D eigenvalue weighted by Crippen LogP contribution is 2.24. The zero-order valence-corrected chi connectivity index (χ0v) is 18.5. The van der Waals surface area contributed by atoms with Crippen LogP contribution in [0.3, 0.4) is 0 Å². The highest BCUT2D eigenvalue weighted by molar-refractivity contribution is 5.98. The summed E-state index contributed by atoms with van der Waals surface area (Å²) >= 11 is 0. The van der Waals surface area contributed by atoms with Crippen LogP contribution >= 0.6 is 0 Å². The summed E-state index contributed by atoms with van der Waals surface area (Å²) in [6.45, 7) is 6.09. The first-order chi connectivity index (χ1) is 15.2. The molecule has 0 radical (unpaired) electrons. The van der Waals surface area contributed by atoms with Gasteiger partial charge in [0.2, 0.25) is 5.91 Å². The molecule has 1 fully saturated rings. The number of rotatable bonds is 8. The molecule has 1 aliphatic heterocycles. The number of hydrogen-bond donors (Lipinski definition) is 1. The van der Waals surface area contributed by atoms with Gasteiger partial charge >= 0.3 is 0 Å². The van der Waals surface area contributed by atoms with Gasteiger partial charge in [-0.05, 0) is 61.6 Å². The number of ether oxygens (including phenoxy) is 1. The van der Waals surface area contributed by atoms with E-state index in [1.165, 1.54) is 16.8 Å². The molecule has 5 heteroatoms. The molecule has 31 heavy (non-hydrogen) atoms. The summed E-state index contributed by atoms with van der Waals surface area (Å²) in [7, 11) is 1.71. The Morgan fingerprint density at radius 3 is 2.68 bits per heavy atom. The second-order valence-electron chi connectivity index (χ2n) is 8.36. The fourth-order valence-corrected chi connectivity index (χ4v) is 4.42. The lowest BCUT2D eigenvalue weighted by molar-refractivity contribution is -0.117. The van der Waals surface area contributed by atoms with E-state index in [0.29, 0.717) is 0 Å². The van der Waals surface area contributed by atoms with E-state index in [4.69, 9.17) is 4.74 Å². The molecule has 1 aliphatic carbocycles. The van der Waals surface area contributed by atoms with Crippen molar-refractivity contribution < 1.29 is 9.53 Å². The third-order valence-corrected chi connectivity index (χ3v) is 6.32. The van der Waals surface area contributed by atoms with Crippen LogP contribution in [0.1, 0.15) is 30.4 Å². The summed E-state index contributed by atoms with van der Waals surface area (Å²) < 4.78 is 5.34. The lowest BCUT2D eigenvalue weighted by atomic mass is 9.92. The number of benzene rings is 2. The molecule has 2 aliphatic rings. The Hall–Kier alpha value is -2.79. The second-order valence-corrected chi connectivity index (χ2v) is 8.36. The quantitative estimate of drug-likeness (QED) is 0.662. The zero-order valence-electron chi connectivity index (χ0n) is 18.5. The Bertz CT molecular complexity index is 916. The maximum atomic E-state index is 12.5. The summed E-state index contributed by atoms with van der Waals surface area (Å²) in [6, 6.07) is 16.6. The van der Waals surface area contributed by atoms with Gasteiger partial charge in [-0.25, -0.2) is 0 Å². The molecular formula is C26H33N3O2. The van der Waals surface area contributed by atoms with Crippen molar-refractivity contribution in [1.29, 1.82) is 0 Å². The molecule has 1 amide bonds. The van der Waals surface area contributed by atoms with Gasteiger partial charge in [-0.2, -0.15) is 0 Å². The van der Waals surface area contributed by atoms with E-state index in [1.54, 1.807) is 7.11 Å².